The number of carbonyl (C=O) groups excluding carboxylic acids is 2. The fourth-order valence-electron chi connectivity index (χ4n) is 5.21. The Kier molecular flexibility index (Phi) is 6.35. The molecule has 1 atom stereocenters. The van der Waals surface area contributed by atoms with Crippen molar-refractivity contribution in [1.82, 2.24) is 20.0 Å². The Morgan fingerprint density at radius 2 is 1.97 bits per heavy atom. The fraction of sp³-hybridized carbons (Fsp3) is 0.560. The van der Waals surface area contributed by atoms with Gasteiger partial charge in [-0.25, -0.2) is 0 Å². The van der Waals surface area contributed by atoms with Crippen LogP contribution in [0.1, 0.15) is 59.4 Å². The summed E-state index contributed by atoms with van der Waals surface area (Å²) in [6, 6.07) is 8.12. The largest absolute Gasteiger partial charge is 0.497 e. The molecule has 1 saturated heterocycles. The third-order valence-electron chi connectivity index (χ3n) is 7.12. The molecular weight excluding hydrogens is 420 g/mol. The molecule has 1 saturated carbocycles. The van der Waals surface area contributed by atoms with Crippen LogP contribution in [0.2, 0.25) is 0 Å². The second-order valence-corrected chi connectivity index (χ2v) is 9.30. The highest BCUT2D eigenvalue weighted by atomic mass is 16.5. The molecule has 0 bridgehead atoms. The number of aromatic nitrogens is 2. The quantitative estimate of drug-likeness (QED) is 0.728. The third kappa shape index (κ3) is 4.62. The average molecular weight is 453 g/mol. The Hall–Kier alpha value is -2.87. The molecule has 5 rings (SSSR count). The van der Waals surface area contributed by atoms with Crippen molar-refractivity contribution in [3.63, 3.8) is 0 Å². The van der Waals surface area contributed by atoms with Crippen LogP contribution >= 0.6 is 0 Å². The molecule has 0 spiro atoms. The minimum atomic E-state index is -0.120. The van der Waals surface area contributed by atoms with Crippen LogP contribution in [0.3, 0.4) is 0 Å². The maximum atomic E-state index is 13.2. The Labute approximate surface area is 194 Å². The van der Waals surface area contributed by atoms with Gasteiger partial charge in [-0.2, -0.15) is 5.10 Å². The van der Waals surface area contributed by atoms with Gasteiger partial charge in [-0.05, 0) is 37.0 Å². The second-order valence-electron chi connectivity index (χ2n) is 9.30. The molecular formula is C25H32N4O4. The van der Waals surface area contributed by atoms with Crippen molar-refractivity contribution < 1.29 is 19.1 Å². The van der Waals surface area contributed by atoms with Gasteiger partial charge < -0.3 is 19.7 Å². The molecule has 2 aliphatic heterocycles. The predicted octanol–water partition coefficient (Wildman–Crippen LogP) is 2.53. The number of methoxy groups -OCH3 is 1. The van der Waals surface area contributed by atoms with E-state index in [1.165, 1.54) is 0 Å². The number of ether oxygens (including phenoxy) is 2. The Morgan fingerprint density at radius 1 is 1.18 bits per heavy atom. The molecule has 33 heavy (non-hydrogen) atoms. The van der Waals surface area contributed by atoms with Gasteiger partial charge in [0, 0.05) is 43.4 Å². The fourth-order valence-corrected chi connectivity index (χ4v) is 5.21. The zero-order valence-corrected chi connectivity index (χ0v) is 19.2. The number of fused-ring (bicyclic) bond motifs is 1. The smallest absolute Gasteiger partial charge is 0.272 e. The van der Waals surface area contributed by atoms with E-state index in [1.807, 2.05) is 33.8 Å². The lowest BCUT2D eigenvalue weighted by atomic mass is 10.0. The van der Waals surface area contributed by atoms with Crippen LogP contribution in [0.15, 0.2) is 24.3 Å². The Balaban J connectivity index is 1.41. The normalized spacial score (nSPS) is 20.6. The van der Waals surface area contributed by atoms with Gasteiger partial charge in [0.05, 0.1) is 26.2 Å². The maximum Gasteiger partial charge on any atom is 0.272 e. The highest BCUT2D eigenvalue weighted by Gasteiger charge is 2.34. The van der Waals surface area contributed by atoms with Gasteiger partial charge in [0.1, 0.15) is 5.75 Å². The van der Waals surface area contributed by atoms with Crippen molar-refractivity contribution in [2.24, 2.45) is 5.92 Å². The molecule has 8 heteroatoms. The Morgan fingerprint density at radius 3 is 2.67 bits per heavy atom. The van der Waals surface area contributed by atoms with E-state index in [2.05, 4.69) is 5.32 Å². The minimum Gasteiger partial charge on any atom is -0.497 e. The molecule has 2 aromatic rings. The zero-order valence-electron chi connectivity index (χ0n) is 19.2. The number of benzene rings is 1. The summed E-state index contributed by atoms with van der Waals surface area (Å²) in [7, 11) is 1.65. The first-order valence-electron chi connectivity index (χ1n) is 12.0. The monoisotopic (exact) mass is 452 g/mol. The lowest BCUT2D eigenvalue weighted by molar-refractivity contribution is -0.136. The standard InChI is InChI=1S/C25H32N4O4/c1-32-20-8-6-17(7-9-20)14-29-22-10-12-28(25(31)18-11-13-33-16-18)15-21(22)23(27-29)24(30)26-19-4-2-3-5-19/h6-9,18-19H,2-5,10-16H2,1H3,(H,26,30). The van der Waals surface area contributed by atoms with E-state index < -0.39 is 0 Å². The summed E-state index contributed by atoms with van der Waals surface area (Å²) in [4.78, 5) is 28.1. The second kappa shape index (κ2) is 9.55. The van der Waals surface area contributed by atoms with Gasteiger partial charge in [0.15, 0.2) is 5.69 Å². The van der Waals surface area contributed by atoms with E-state index in [1.54, 1.807) is 7.11 Å². The summed E-state index contributed by atoms with van der Waals surface area (Å²) in [5.41, 5.74) is 3.49. The number of carbonyl (C=O) groups is 2. The lowest BCUT2D eigenvalue weighted by Gasteiger charge is -2.29. The third-order valence-corrected chi connectivity index (χ3v) is 7.12. The number of nitrogens with zero attached hydrogens (tertiary/aromatic N) is 3. The summed E-state index contributed by atoms with van der Waals surface area (Å²) >= 11 is 0. The summed E-state index contributed by atoms with van der Waals surface area (Å²) in [6.45, 7) is 2.78. The first kappa shape index (κ1) is 21.9. The van der Waals surface area contributed by atoms with E-state index in [4.69, 9.17) is 14.6 Å². The van der Waals surface area contributed by atoms with Gasteiger partial charge in [-0.1, -0.05) is 25.0 Å². The van der Waals surface area contributed by atoms with Gasteiger partial charge >= 0.3 is 0 Å². The SMILES string of the molecule is COc1ccc(Cn2nc(C(=O)NC3CCCC3)c3c2CCN(C(=O)C2CCOC2)C3)cc1. The van der Waals surface area contributed by atoms with Crippen molar-refractivity contribution in [2.75, 3.05) is 26.9 Å². The predicted molar refractivity (Wildman–Crippen MR) is 122 cm³/mol. The number of nitrogens with one attached hydrogen (secondary N) is 1. The molecule has 8 nitrogen and oxygen atoms in total. The van der Waals surface area contributed by atoms with E-state index >= 15 is 0 Å². The summed E-state index contributed by atoms with van der Waals surface area (Å²) in [6.07, 6.45) is 5.81. The van der Waals surface area contributed by atoms with Crippen molar-refractivity contribution in [2.45, 2.75) is 57.7 Å². The zero-order chi connectivity index (χ0) is 22.8. The lowest BCUT2D eigenvalue weighted by Crippen LogP contribution is -2.41. The summed E-state index contributed by atoms with van der Waals surface area (Å²) in [5, 5.41) is 7.96. The molecule has 176 valence electrons. The van der Waals surface area contributed by atoms with Crippen LogP contribution in [-0.2, 0) is 29.0 Å². The van der Waals surface area contributed by atoms with Gasteiger partial charge in [-0.15, -0.1) is 0 Å². The van der Waals surface area contributed by atoms with E-state index in [9.17, 15) is 9.59 Å². The number of amides is 2. The van der Waals surface area contributed by atoms with Crippen LogP contribution in [-0.4, -0.2) is 59.4 Å². The van der Waals surface area contributed by atoms with E-state index in [-0.39, 0.29) is 23.8 Å². The van der Waals surface area contributed by atoms with E-state index in [0.717, 1.165) is 54.7 Å². The highest BCUT2D eigenvalue weighted by Crippen LogP contribution is 2.27. The number of hydrogen-bond donors (Lipinski definition) is 1. The molecule has 1 aromatic heterocycles. The number of hydrogen-bond acceptors (Lipinski definition) is 5. The molecule has 1 aliphatic carbocycles. The Bertz CT molecular complexity index is 1000. The molecule has 3 aliphatic rings. The van der Waals surface area contributed by atoms with Crippen molar-refractivity contribution >= 4 is 11.8 Å². The molecule has 2 fully saturated rings. The van der Waals surface area contributed by atoms with Gasteiger partial charge in [0.2, 0.25) is 5.91 Å². The molecule has 3 heterocycles. The highest BCUT2D eigenvalue weighted by molar-refractivity contribution is 5.94. The van der Waals surface area contributed by atoms with Crippen LogP contribution in [0.5, 0.6) is 5.75 Å². The van der Waals surface area contributed by atoms with Crippen molar-refractivity contribution in [3.05, 3.63) is 46.8 Å². The van der Waals surface area contributed by atoms with Crippen molar-refractivity contribution in [3.8, 4) is 5.75 Å². The van der Waals surface area contributed by atoms with Gasteiger partial charge in [-0.3, -0.25) is 14.3 Å². The van der Waals surface area contributed by atoms with Crippen LogP contribution in [0.4, 0.5) is 0 Å². The minimum absolute atomic E-state index is 0.0725. The molecule has 1 unspecified atom stereocenters. The van der Waals surface area contributed by atoms with Gasteiger partial charge in [0.25, 0.3) is 5.91 Å². The van der Waals surface area contributed by atoms with Crippen LogP contribution in [0, 0.1) is 5.92 Å². The van der Waals surface area contributed by atoms with Crippen LogP contribution < -0.4 is 10.1 Å². The molecule has 1 aromatic carbocycles. The molecule has 1 N–H and O–H groups in total. The first-order chi connectivity index (χ1) is 16.1. The summed E-state index contributed by atoms with van der Waals surface area (Å²) < 4.78 is 12.6. The average Bonchev–Trinajstić information content (AvgIpc) is 3.61. The van der Waals surface area contributed by atoms with Crippen molar-refractivity contribution in [1.29, 1.82) is 0 Å². The number of rotatable bonds is 6. The van der Waals surface area contributed by atoms with E-state index in [0.29, 0.717) is 45.0 Å². The first-order valence-corrected chi connectivity index (χ1v) is 12.0. The topological polar surface area (TPSA) is 85.7 Å². The summed E-state index contributed by atoms with van der Waals surface area (Å²) in [5.74, 6) is 0.743. The molecule has 0 radical (unpaired) electrons. The molecule has 2 amide bonds. The maximum absolute atomic E-state index is 13.2. The van der Waals surface area contributed by atoms with Crippen LogP contribution in [0.25, 0.3) is 0 Å².